The second-order valence-corrected chi connectivity index (χ2v) is 12.1. The zero-order valence-corrected chi connectivity index (χ0v) is 22.6. The van der Waals surface area contributed by atoms with E-state index in [0.717, 1.165) is 16.9 Å². The summed E-state index contributed by atoms with van der Waals surface area (Å²) in [6, 6.07) is 12.5. The molecular formula is C25H31N3O7S2. The predicted molar refractivity (Wildman–Crippen MR) is 140 cm³/mol. The van der Waals surface area contributed by atoms with E-state index < -0.39 is 32.1 Å². The lowest BCUT2D eigenvalue weighted by Gasteiger charge is -2.31. The molecule has 0 aromatic heterocycles. The van der Waals surface area contributed by atoms with Gasteiger partial charge in [-0.2, -0.15) is 9.03 Å². The summed E-state index contributed by atoms with van der Waals surface area (Å²) in [6.45, 7) is 2.25. The monoisotopic (exact) mass is 549 g/mol. The summed E-state index contributed by atoms with van der Waals surface area (Å²) in [6.07, 6.45) is 1.12. The number of hydrogen-bond donors (Lipinski definition) is 1. The first-order valence-corrected chi connectivity index (χ1v) is 14.8. The molecular weight excluding hydrogens is 518 g/mol. The molecule has 3 rings (SSSR count). The Hall–Kier alpha value is -2.95. The topological polar surface area (TPSA) is 122 Å². The van der Waals surface area contributed by atoms with Crippen molar-refractivity contribution in [3.8, 4) is 28.7 Å². The molecule has 1 heterocycles. The second kappa shape index (κ2) is 12.5. The number of rotatable bonds is 9. The largest absolute Gasteiger partial charge is 0.497 e. The minimum Gasteiger partial charge on any atom is -0.497 e. The summed E-state index contributed by atoms with van der Waals surface area (Å²) in [5.41, 5.74) is 1.73. The van der Waals surface area contributed by atoms with Crippen LogP contribution in [0.3, 0.4) is 0 Å². The fraction of sp³-hybridized carbons (Fsp3) is 0.400. The molecule has 1 N–H and O–H groups in total. The molecule has 1 fully saturated rings. The van der Waals surface area contributed by atoms with Crippen molar-refractivity contribution in [2.45, 2.75) is 17.4 Å². The molecule has 200 valence electrons. The Morgan fingerprint density at radius 1 is 0.919 bits per heavy atom. The Bertz CT molecular complexity index is 1340. The Morgan fingerprint density at radius 3 is 2.00 bits per heavy atom. The minimum absolute atomic E-state index is 0.00960. The fourth-order valence-electron chi connectivity index (χ4n) is 3.74. The molecule has 1 aliphatic heterocycles. The maximum atomic E-state index is 12.9. The summed E-state index contributed by atoms with van der Waals surface area (Å²) >= 11 is 0. The third-order valence-corrected chi connectivity index (χ3v) is 8.70. The number of carbonyl (C=O) groups excluding carboxylic acids is 1. The van der Waals surface area contributed by atoms with Gasteiger partial charge in [-0.15, -0.1) is 0 Å². The minimum atomic E-state index is -4.01. The molecule has 1 atom stereocenters. The van der Waals surface area contributed by atoms with Gasteiger partial charge in [0.1, 0.15) is 11.8 Å². The van der Waals surface area contributed by atoms with E-state index in [-0.39, 0.29) is 11.3 Å². The molecule has 1 aliphatic rings. The average molecular weight is 550 g/mol. The van der Waals surface area contributed by atoms with E-state index in [1.165, 1.54) is 29.8 Å². The van der Waals surface area contributed by atoms with E-state index in [1.807, 2.05) is 29.2 Å². The number of ether oxygens (including phenoxy) is 2. The van der Waals surface area contributed by atoms with Gasteiger partial charge in [-0.1, -0.05) is 36.1 Å². The molecule has 0 saturated carbocycles. The Balaban J connectivity index is 1.61. The van der Waals surface area contributed by atoms with Gasteiger partial charge in [0.15, 0.2) is 0 Å². The first kappa shape index (κ1) is 28.6. The van der Waals surface area contributed by atoms with Gasteiger partial charge in [-0.3, -0.25) is 9.69 Å². The van der Waals surface area contributed by atoms with Gasteiger partial charge >= 0.3 is 5.97 Å². The lowest BCUT2D eigenvalue weighted by molar-refractivity contribution is -0.142. The summed E-state index contributed by atoms with van der Waals surface area (Å²) in [5.74, 6) is 5.76. The molecule has 0 bridgehead atoms. The molecule has 12 heteroatoms. The quantitative estimate of drug-likeness (QED) is 0.365. The summed E-state index contributed by atoms with van der Waals surface area (Å²) in [4.78, 5) is 14.2. The summed E-state index contributed by atoms with van der Waals surface area (Å²) in [7, 11) is -4.46. The number of carbonyl (C=O) groups is 1. The number of methoxy groups -OCH3 is 2. The van der Waals surface area contributed by atoms with Crippen LogP contribution in [-0.2, 0) is 29.6 Å². The number of esters is 1. The first-order chi connectivity index (χ1) is 17.5. The van der Waals surface area contributed by atoms with Crippen LogP contribution in [-0.4, -0.2) is 91.3 Å². The van der Waals surface area contributed by atoms with Crippen molar-refractivity contribution < 1.29 is 31.1 Å². The normalized spacial score (nSPS) is 15.9. The van der Waals surface area contributed by atoms with Crippen LogP contribution in [0, 0.1) is 11.8 Å². The van der Waals surface area contributed by atoms with Crippen molar-refractivity contribution >= 4 is 26.0 Å². The highest BCUT2D eigenvalue weighted by molar-refractivity contribution is 7.89. The van der Waals surface area contributed by atoms with Gasteiger partial charge < -0.3 is 9.47 Å². The van der Waals surface area contributed by atoms with E-state index >= 15 is 0 Å². The molecule has 37 heavy (non-hydrogen) atoms. The molecule has 0 amide bonds. The molecule has 2 aromatic rings. The number of nitrogens with zero attached hydrogens (tertiary/aromatic N) is 2. The van der Waals surface area contributed by atoms with E-state index in [1.54, 1.807) is 19.2 Å². The van der Waals surface area contributed by atoms with Gasteiger partial charge in [0, 0.05) is 32.6 Å². The van der Waals surface area contributed by atoms with Crippen molar-refractivity contribution in [3.63, 3.8) is 0 Å². The predicted octanol–water partition coefficient (Wildman–Crippen LogP) is 1.15. The van der Waals surface area contributed by atoms with Gasteiger partial charge in [-0.05, 0) is 35.4 Å². The fourth-order valence-corrected chi connectivity index (χ4v) is 5.75. The molecule has 1 unspecified atom stereocenters. The Kier molecular flexibility index (Phi) is 9.69. The molecule has 0 spiro atoms. The van der Waals surface area contributed by atoms with Crippen LogP contribution in [0.2, 0.25) is 0 Å². The van der Waals surface area contributed by atoms with Crippen LogP contribution in [0.15, 0.2) is 53.4 Å². The first-order valence-electron chi connectivity index (χ1n) is 11.5. The smallest absolute Gasteiger partial charge is 0.324 e. The summed E-state index contributed by atoms with van der Waals surface area (Å²) in [5, 5.41) is 0. The van der Waals surface area contributed by atoms with Crippen molar-refractivity contribution in [1.29, 1.82) is 0 Å². The van der Waals surface area contributed by atoms with Crippen molar-refractivity contribution in [2.24, 2.45) is 0 Å². The standard InChI is InChI=1S/C25H31N3O7S2/c1-34-22-11-7-20(8-12-22)21-9-13-23(14-10-21)37(32,33)26-24(25(29)35-2)6-4-5-15-27-16-18-28(19-17-27)36(3,30)31/h7-14,24,26H,6,15-19H2,1-3H3. The zero-order chi connectivity index (χ0) is 27.1. The van der Waals surface area contributed by atoms with Crippen LogP contribution in [0.25, 0.3) is 11.1 Å². The van der Waals surface area contributed by atoms with Crippen molar-refractivity contribution in [1.82, 2.24) is 13.9 Å². The van der Waals surface area contributed by atoms with Gasteiger partial charge in [0.05, 0.1) is 31.9 Å². The zero-order valence-electron chi connectivity index (χ0n) is 21.0. The third kappa shape index (κ3) is 8.02. The maximum absolute atomic E-state index is 12.9. The number of benzene rings is 2. The van der Waals surface area contributed by atoms with Crippen LogP contribution < -0.4 is 9.46 Å². The second-order valence-electron chi connectivity index (χ2n) is 8.45. The summed E-state index contributed by atoms with van der Waals surface area (Å²) < 4.78 is 62.8. The van der Waals surface area contributed by atoms with Crippen molar-refractivity contribution in [3.05, 3.63) is 48.5 Å². The third-order valence-electron chi connectivity index (χ3n) is 5.91. The average Bonchev–Trinajstić information content (AvgIpc) is 2.89. The number of hydrogen-bond acceptors (Lipinski definition) is 8. The lowest BCUT2D eigenvalue weighted by atomic mass is 10.1. The van der Waals surface area contributed by atoms with E-state index in [4.69, 9.17) is 9.47 Å². The Labute approximate surface area is 218 Å². The number of sulfonamides is 2. The van der Waals surface area contributed by atoms with E-state index in [9.17, 15) is 21.6 Å². The van der Waals surface area contributed by atoms with Crippen LogP contribution in [0.1, 0.15) is 6.42 Å². The number of nitrogens with one attached hydrogen (secondary N) is 1. The molecule has 2 aromatic carbocycles. The van der Waals surface area contributed by atoms with Crippen LogP contribution >= 0.6 is 0 Å². The highest BCUT2D eigenvalue weighted by atomic mass is 32.2. The highest BCUT2D eigenvalue weighted by Crippen LogP contribution is 2.24. The highest BCUT2D eigenvalue weighted by Gasteiger charge is 2.26. The van der Waals surface area contributed by atoms with Crippen molar-refractivity contribution in [2.75, 3.05) is 53.2 Å². The van der Waals surface area contributed by atoms with Crippen LogP contribution in [0.5, 0.6) is 5.75 Å². The van der Waals surface area contributed by atoms with Gasteiger partial charge in [0.25, 0.3) is 0 Å². The Morgan fingerprint density at radius 2 is 1.49 bits per heavy atom. The van der Waals surface area contributed by atoms with Gasteiger partial charge in [0.2, 0.25) is 20.0 Å². The van der Waals surface area contributed by atoms with E-state index in [0.29, 0.717) is 32.7 Å². The maximum Gasteiger partial charge on any atom is 0.324 e. The van der Waals surface area contributed by atoms with E-state index in [2.05, 4.69) is 16.6 Å². The lowest BCUT2D eigenvalue weighted by Crippen LogP contribution is -2.48. The number of piperazine rings is 1. The molecule has 0 aliphatic carbocycles. The molecule has 0 radical (unpaired) electrons. The SMILES string of the molecule is COC(=O)C(CC#CCN1CCN(S(C)(=O)=O)CC1)NS(=O)(=O)c1ccc(-c2ccc(OC)cc2)cc1. The molecule has 10 nitrogen and oxygen atoms in total. The molecule has 1 saturated heterocycles. The van der Waals surface area contributed by atoms with Gasteiger partial charge in [-0.25, -0.2) is 16.8 Å². The van der Waals surface area contributed by atoms with Crippen LogP contribution in [0.4, 0.5) is 0 Å².